The summed E-state index contributed by atoms with van der Waals surface area (Å²) in [5.74, 6) is 0.971. The van der Waals surface area contributed by atoms with E-state index in [-0.39, 0.29) is 11.9 Å². The highest BCUT2D eigenvalue weighted by atomic mass is 16.3. The van der Waals surface area contributed by atoms with Gasteiger partial charge in [0.2, 0.25) is 0 Å². The Balaban J connectivity index is 1.60. The molecular formula is C15H16N2O2. The summed E-state index contributed by atoms with van der Waals surface area (Å²) in [6.07, 6.45) is 2.45. The summed E-state index contributed by atoms with van der Waals surface area (Å²) in [5, 5.41) is 3.02. The Bertz CT molecular complexity index is 577. The second-order valence-corrected chi connectivity index (χ2v) is 4.84. The van der Waals surface area contributed by atoms with Crippen LogP contribution in [0.15, 0.2) is 47.1 Å². The lowest BCUT2D eigenvalue weighted by Gasteiger charge is -2.02. The van der Waals surface area contributed by atoms with Crippen molar-refractivity contribution in [1.82, 2.24) is 5.32 Å². The SMILES string of the molecule is NCc1cc(C(=O)NC2CC2c2ccccc2)co1. The number of nitrogens with two attached hydrogens (primary N) is 1. The van der Waals surface area contributed by atoms with E-state index < -0.39 is 0 Å². The molecule has 1 aromatic heterocycles. The third-order valence-corrected chi connectivity index (χ3v) is 3.45. The van der Waals surface area contributed by atoms with E-state index in [0.717, 1.165) is 6.42 Å². The van der Waals surface area contributed by atoms with Crippen molar-refractivity contribution in [1.29, 1.82) is 0 Å². The first-order chi connectivity index (χ1) is 9.28. The number of hydrogen-bond acceptors (Lipinski definition) is 3. The highest BCUT2D eigenvalue weighted by Gasteiger charge is 2.39. The van der Waals surface area contributed by atoms with Crippen LogP contribution in [0.5, 0.6) is 0 Å². The Hall–Kier alpha value is -2.07. The standard InChI is InChI=1S/C15H16N2O2/c16-8-12-6-11(9-19-12)15(18)17-14-7-13(14)10-4-2-1-3-5-10/h1-6,9,13-14H,7-8,16H2,(H,17,18). The van der Waals surface area contributed by atoms with E-state index in [0.29, 0.717) is 23.8 Å². The lowest BCUT2D eigenvalue weighted by atomic mass is 10.1. The monoisotopic (exact) mass is 256 g/mol. The lowest BCUT2D eigenvalue weighted by Crippen LogP contribution is -2.26. The van der Waals surface area contributed by atoms with Gasteiger partial charge in [-0.25, -0.2) is 0 Å². The Morgan fingerprint density at radius 2 is 2.16 bits per heavy atom. The quantitative estimate of drug-likeness (QED) is 0.879. The molecule has 0 radical (unpaired) electrons. The average molecular weight is 256 g/mol. The maximum atomic E-state index is 12.0. The molecule has 1 saturated carbocycles. The Kier molecular flexibility index (Phi) is 3.09. The van der Waals surface area contributed by atoms with Crippen LogP contribution in [0.25, 0.3) is 0 Å². The molecule has 2 aromatic rings. The maximum Gasteiger partial charge on any atom is 0.254 e. The van der Waals surface area contributed by atoms with Crippen LogP contribution < -0.4 is 11.1 Å². The molecule has 0 bridgehead atoms. The summed E-state index contributed by atoms with van der Waals surface area (Å²) in [6.45, 7) is 0.309. The number of benzene rings is 1. The van der Waals surface area contributed by atoms with Gasteiger partial charge in [0.25, 0.3) is 5.91 Å². The highest BCUT2D eigenvalue weighted by molar-refractivity contribution is 5.94. The molecule has 4 nitrogen and oxygen atoms in total. The molecule has 0 saturated heterocycles. The molecule has 0 aliphatic heterocycles. The number of nitrogens with one attached hydrogen (secondary N) is 1. The van der Waals surface area contributed by atoms with Gasteiger partial charge in [0.05, 0.1) is 12.1 Å². The average Bonchev–Trinajstić information content (AvgIpc) is 3.04. The van der Waals surface area contributed by atoms with Gasteiger partial charge in [-0.15, -0.1) is 0 Å². The molecule has 1 aliphatic rings. The van der Waals surface area contributed by atoms with Crippen LogP contribution >= 0.6 is 0 Å². The van der Waals surface area contributed by atoms with E-state index >= 15 is 0 Å². The minimum absolute atomic E-state index is 0.0909. The van der Waals surface area contributed by atoms with Crippen LogP contribution in [0.3, 0.4) is 0 Å². The first kappa shape index (κ1) is 12.0. The molecule has 1 aromatic carbocycles. The minimum Gasteiger partial charge on any atom is -0.467 e. The van der Waals surface area contributed by atoms with Crippen molar-refractivity contribution in [3.8, 4) is 0 Å². The molecule has 1 fully saturated rings. The van der Waals surface area contributed by atoms with Crippen molar-refractivity contribution >= 4 is 5.91 Å². The zero-order chi connectivity index (χ0) is 13.2. The van der Waals surface area contributed by atoms with Gasteiger partial charge in [0, 0.05) is 12.0 Å². The lowest BCUT2D eigenvalue weighted by molar-refractivity contribution is 0.0949. The van der Waals surface area contributed by atoms with Crippen LogP contribution in [0.2, 0.25) is 0 Å². The van der Waals surface area contributed by atoms with E-state index in [1.165, 1.54) is 11.8 Å². The molecule has 3 N–H and O–H groups in total. The molecule has 2 atom stereocenters. The second-order valence-electron chi connectivity index (χ2n) is 4.84. The molecule has 4 heteroatoms. The normalized spacial score (nSPS) is 21.1. The van der Waals surface area contributed by atoms with Gasteiger partial charge < -0.3 is 15.5 Å². The molecule has 1 amide bonds. The van der Waals surface area contributed by atoms with E-state index in [4.69, 9.17) is 10.2 Å². The molecule has 2 unspecified atom stereocenters. The Labute approximate surface area is 111 Å². The van der Waals surface area contributed by atoms with Crippen molar-refractivity contribution in [2.45, 2.75) is 24.9 Å². The fraction of sp³-hybridized carbons (Fsp3) is 0.267. The zero-order valence-electron chi connectivity index (χ0n) is 10.5. The van der Waals surface area contributed by atoms with Crippen LogP contribution in [0, 0.1) is 0 Å². The zero-order valence-corrected chi connectivity index (χ0v) is 10.5. The van der Waals surface area contributed by atoms with E-state index in [1.54, 1.807) is 6.07 Å². The third kappa shape index (κ3) is 2.53. The van der Waals surface area contributed by atoms with Gasteiger partial charge in [-0.1, -0.05) is 30.3 Å². The van der Waals surface area contributed by atoms with Crippen molar-refractivity contribution in [3.05, 3.63) is 59.5 Å². The van der Waals surface area contributed by atoms with E-state index in [2.05, 4.69) is 17.4 Å². The second kappa shape index (κ2) is 4.90. The molecule has 98 valence electrons. The summed E-state index contributed by atoms with van der Waals surface area (Å²) >= 11 is 0. The minimum atomic E-state index is -0.0909. The number of rotatable bonds is 4. The number of furan rings is 1. The topological polar surface area (TPSA) is 68.3 Å². The molecule has 3 rings (SSSR count). The Morgan fingerprint density at radius 3 is 2.84 bits per heavy atom. The van der Waals surface area contributed by atoms with Gasteiger partial charge >= 0.3 is 0 Å². The number of hydrogen-bond donors (Lipinski definition) is 2. The highest BCUT2D eigenvalue weighted by Crippen LogP contribution is 2.40. The third-order valence-electron chi connectivity index (χ3n) is 3.45. The molecule has 1 heterocycles. The molecule has 19 heavy (non-hydrogen) atoms. The van der Waals surface area contributed by atoms with E-state index in [9.17, 15) is 4.79 Å². The predicted octanol–water partition coefficient (Wildman–Crippen LogP) is 2.02. The molecule has 0 spiro atoms. The number of amides is 1. The predicted molar refractivity (Wildman–Crippen MR) is 71.7 cm³/mol. The van der Waals surface area contributed by atoms with Gasteiger partial charge in [-0.05, 0) is 18.1 Å². The summed E-state index contributed by atoms with van der Waals surface area (Å²) in [6, 6.07) is 12.2. The van der Waals surface area contributed by atoms with Crippen LogP contribution in [0.1, 0.15) is 34.0 Å². The summed E-state index contributed by atoms with van der Waals surface area (Å²) in [5.41, 5.74) is 7.27. The number of carbonyl (C=O) groups excluding carboxylic acids is 1. The smallest absolute Gasteiger partial charge is 0.254 e. The van der Waals surface area contributed by atoms with Gasteiger partial charge in [-0.3, -0.25) is 4.79 Å². The number of carbonyl (C=O) groups is 1. The summed E-state index contributed by atoms with van der Waals surface area (Å²) in [4.78, 5) is 12.0. The van der Waals surface area contributed by atoms with Crippen molar-refractivity contribution in [2.75, 3.05) is 0 Å². The van der Waals surface area contributed by atoms with Crippen LogP contribution in [-0.4, -0.2) is 11.9 Å². The Morgan fingerprint density at radius 1 is 1.37 bits per heavy atom. The van der Waals surface area contributed by atoms with E-state index in [1.807, 2.05) is 18.2 Å². The first-order valence-corrected chi connectivity index (χ1v) is 6.41. The van der Waals surface area contributed by atoms with Crippen molar-refractivity contribution in [2.24, 2.45) is 5.73 Å². The van der Waals surface area contributed by atoms with Crippen molar-refractivity contribution < 1.29 is 9.21 Å². The summed E-state index contributed by atoms with van der Waals surface area (Å²) < 4.78 is 5.16. The largest absolute Gasteiger partial charge is 0.467 e. The fourth-order valence-corrected chi connectivity index (χ4v) is 2.28. The van der Waals surface area contributed by atoms with Gasteiger partial charge in [-0.2, -0.15) is 0 Å². The van der Waals surface area contributed by atoms with Gasteiger partial charge in [0.15, 0.2) is 0 Å². The fourth-order valence-electron chi connectivity index (χ4n) is 2.28. The van der Waals surface area contributed by atoms with Crippen molar-refractivity contribution in [3.63, 3.8) is 0 Å². The molecule has 1 aliphatic carbocycles. The summed E-state index contributed by atoms with van der Waals surface area (Å²) in [7, 11) is 0. The molecular weight excluding hydrogens is 240 g/mol. The van der Waals surface area contributed by atoms with Crippen LogP contribution in [-0.2, 0) is 6.54 Å². The first-order valence-electron chi connectivity index (χ1n) is 6.41. The van der Waals surface area contributed by atoms with Gasteiger partial charge in [0.1, 0.15) is 12.0 Å². The maximum absolute atomic E-state index is 12.0. The van der Waals surface area contributed by atoms with Crippen LogP contribution in [0.4, 0.5) is 0 Å².